The van der Waals surface area contributed by atoms with Crippen molar-refractivity contribution in [1.29, 1.82) is 0 Å². The molecule has 1 aromatic carbocycles. The minimum Gasteiger partial charge on any atom is -0.398 e. The van der Waals surface area contributed by atoms with Crippen LogP contribution in [-0.4, -0.2) is 18.6 Å². The molecule has 0 spiro atoms. The molecule has 4 N–H and O–H groups in total. The zero-order valence-electron chi connectivity index (χ0n) is 10.1. The van der Waals surface area contributed by atoms with Gasteiger partial charge in [-0.3, -0.25) is 9.82 Å². The number of aromatic amines is 1. The van der Waals surface area contributed by atoms with Crippen molar-refractivity contribution in [2.45, 2.75) is 18.7 Å². The van der Waals surface area contributed by atoms with Gasteiger partial charge in [-0.2, -0.15) is 5.10 Å². The van der Waals surface area contributed by atoms with E-state index in [0.717, 1.165) is 0 Å². The first kappa shape index (κ1) is 12.4. The van der Waals surface area contributed by atoms with Crippen LogP contribution in [0.25, 0.3) is 0 Å². The van der Waals surface area contributed by atoms with Crippen molar-refractivity contribution in [2.24, 2.45) is 0 Å². The molecule has 0 amide bonds. The van der Waals surface area contributed by atoms with E-state index in [2.05, 4.69) is 14.9 Å². The number of aromatic nitrogens is 2. The van der Waals surface area contributed by atoms with E-state index < -0.39 is 10.0 Å². The fourth-order valence-corrected chi connectivity index (χ4v) is 2.93. The monoisotopic (exact) mass is 266 g/mol. The van der Waals surface area contributed by atoms with Crippen molar-refractivity contribution in [1.82, 2.24) is 10.2 Å². The van der Waals surface area contributed by atoms with Crippen molar-refractivity contribution < 1.29 is 8.42 Å². The van der Waals surface area contributed by atoms with Crippen molar-refractivity contribution in [3.63, 3.8) is 0 Å². The molecule has 0 saturated heterocycles. The Labute approximate surface area is 105 Å². The van der Waals surface area contributed by atoms with Crippen LogP contribution in [-0.2, 0) is 10.0 Å². The van der Waals surface area contributed by atoms with E-state index in [1.54, 1.807) is 32.0 Å². The van der Waals surface area contributed by atoms with Gasteiger partial charge in [0.2, 0.25) is 0 Å². The summed E-state index contributed by atoms with van der Waals surface area (Å²) in [5, 5.41) is 6.65. The third-order valence-electron chi connectivity index (χ3n) is 2.57. The summed E-state index contributed by atoms with van der Waals surface area (Å²) in [5.41, 5.74) is 7.58. The first-order valence-electron chi connectivity index (χ1n) is 5.30. The molecule has 2 aromatic rings. The van der Waals surface area contributed by atoms with E-state index in [1.807, 2.05) is 0 Å². The molecule has 1 heterocycles. The Kier molecular flexibility index (Phi) is 3.00. The predicted molar refractivity (Wildman–Crippen MR) is 69.7 cm³/mol. The molecule has 0 fully saturated rings. The van der Waals surface area contributed by atoms with E-state index in [-0.39, 0.29) is 10.6 Å². The van der Waals surface area contributed by atoms with Crippen LogP contribution in [0.1, 0.15) is 11.4 Å². The van der Waals surface area contributed by atoms with Crippen LogP contribution in [0.5, 0.6) is 0 Å². The van der Waals surface area contributed by atoms with Gasteiger partial charge in [0.15, 0.2) is 0 Å². The molecule has 0 atom stereocenters. The number of H-pyrrole nitrogens is 1. The minimum absolute atomic E-state index is 0.0602. The van der Waals surface area contributed by atoms with Crippen molar-refractivity contribution >= 4 is 21.4 Å². The first-order chi connectivity index (χ1) is 8.42. The van der Waals surface area contributed by atoms with Crippen LogP contribution in [0.2, 0.25) is 0 Å². The number of nitrogens with zero attached hydrogens (tertiary/aromatic N) is 1. The molecule has 0 radical (unpaired) electrons. The Morgan fingerprint density at radius 1 is 1.28 bits per heavy atom. The molecule has 0 aliphatic heterocycles. The fourth-order valence-electron chi connectivity index (χ4n) is 1.62. The lowest BCUT2D eigenvalue weighted by Crippen LogP contribution is -2.15. The average Bonchev–Trinajstić information content (AvgIpc) is 2.61. The highest BCUT2D eigenvalue weighted by Gasteiger charge is 2.19. The number of para-hydroxylation sites is 1. The Hall–Kier alpha value is -2.02. The number of sulfonamides is 1. The Morgan fingerprint density at radius 2 is 1.94 bits per heavy atom. The first-order valence-corrected chi connectivity index (χ1v) is 6.79. The molecule has 0 aliphatic carbocycles. The second kappa shape index (κ2) is 4.34. The molecular weight excluding hydrogens is 252 g/mol. The van der Waals surface area contributed by atoms with E-state index in [9.17, 15) is 8.42 Å². The topological polar surface area (TPSA) is 101 Å². The highest BCUT2D eigenvalue weighted by Crippen LogP contribution is 2.24. The summed E-state index contributed by atoms with van der Waals surface area (Å²) < 4.78 is 26.9. The molecule has 7 heteroatoms. The summed E-state index contributed by atoms with van der Waals surface area (Å²) in [6.07, 6.45) is 0. The maximum atomic E-state index is 12.2. The number of nitrogens with one attached hydrogen (secondary N) is 2. The van der Waals surface area contributed by atoms with E-state index in [1.165, 1.54) is 6.07 Å². The van der Waals surface area contributed by atoms with Crippen LogP contribution < -0.4 is 10.5 Å². The lowest BCUT2D eigenvalue weighted by molar-refractivity contribution is 0.601. The Morgan fingerprint density at radius 3 is 2.50 bits per heavy atom. The lowest BCUT2D eigenvalue weighted by atomic mass is 10.3. The number of nitrogens with two attached hydrogens (primary N) is 1. The number of hydrogen-bond donors (Lipinski definition) is 3. The lowest BCUT2D eigenvalue weighted by Gasteiger charge is -2.09. The largest absolute Gasteiger partial charge is 0.398 e. The van der Waals surface area contributed by atoms with Crippen LogP contribution in [0.15, 0.2) is 29.2 Å². The predicted octanol–water partition coefficient (Wildman–Crippen LogP) is 1.41. The Bertz CT molecular complexity index is 657. The van der Waals surface area contributed by atoms with Gasteiger partial charge in [0.25, 0.3) is 10.0 Å². The molecular formula is C11H14N4O2S. The Balaban J connectivity index is 2.43. The molecule has 2 rings (SSSR count). The van der Waals surface area contributed by atoms with Crippen LogP contribution in [0.4, 0.5) is 11.4 Å². The molecule has 1 aromatic heterocycles. The van der Waals surface area contributed by atoms with Crippen LogP contribution in [0, 0.1) is 13.8 Å². The van der Waals surface area contributed by atoms with E-state index >= 15 is 0 Å². The maximum Gasteiger partial charge on any atom is 0.264 e. The van der Waals surface area contributed by atoms with Gasteiger partial charge in [0, 0.05) is 0 Å². The average molecular weight is 266 g/mol. The highest BCUT2D eigenvalue weighted by molar-refractivity contribution is 7.92. The highest BCUT2D eigenvalue weighted by atomic mass is 32.2. The minimum atomic E-state index is -3.69. The third-order valence-corrected chi connectivity index (χ3v) is 4.00. The van der Waals surface area contributed by atoms with Gasteiger partial charge in [0.05, 0.1) is 22.8 Å². The van der Waals surface area contributed by atoms with Gasteiger partial charge in [-0.05, 0) is 26.0 Å². The van der Waals surface area contributed by atoms with Gasteiger partial charge in [-0.25, -0.2) is 8.42 Å². The van der Waals surface area contributed by atoms with Crippen molar-refractivity contribution in [3.8, 4) is 0 Å². The number of nitrogen functional groups attached to an aromatic ring is 1. The zero-order valence-corrected chi connectivity index (χ0v) is 10.9. The molecule has 0 aliphatic rings. The number of benzene rings is 1. The normalized spacial score (nSPS) is 11.4. The summed E-state index contributed by atoms with van der Waals surface area (Å²) in [6.45, 7) is 3.46. The molecule has 0 bridgehead atoms. The smallest absolute Gasteiger partial charge is 0.264 e. The summed E-state index contributed by atoms with van der Waals surface area (Å²) >= 11 is 0. The van der Waals surface area contributed by atoms with Crippen LogP contribution >= 0.6 is 0 Å². The molecule has 0 saturated carbocycles. The summed E-state index contributed by atoms with van der Waals surface area (Å²) in [5.74, 6) is 0. The maximum absolute atomic E-state index is 12.2. The quantitative estimate of drug-likeness (QED) is 0.731. The second-order valence-corrected chi connectivity index (χ2v) is 5.60. The number of hydrogen-bond acceptors (Lipinski definition) is 4. The molecule has 0 unspecified atom stereocenters. The van der Waals surface area contributed by atoms with Gasteiger partial charge >= 0.3 is 0 Å². The zero-order chi connectivity index (χ0) is 13.3. The second-order valence-electron chi connectivity index (χ2n) is 3.95. The third kappa shape index (κ3) is 2.17. The van der Waals surface area contributed by atoms with Gasteiger partial charge in [0.1, 0.15) is 4.90 Å². The molecule has 18 heavy (non-hydrogen) atoms. The SMILES string of the molecule is Cc1n[nH]c(C)c1NS(=O)(=O)c1ccccc1N. The molecule has 6 nitrogen and oxygen atoms in total. The number of anilines is 2. The summed E-state index contributed by atoms with van der Waals surface area (Å²) in [7, 11) is -3.69. The van der Waals surface area contributed by atoms with E-state index in [0.29, 0.717) is 17.1 Å². The van der Waals surface area contributed by atoms with Crippen LogP contribution in [0.3, 0.4) is 0 Å². The number of aryl methyl sites for hydroxylation is 2. The van der Waals surface area contributed by atoms with Gasteiger partial charge < -0.3 is 5.73 Å². The van der Waals surface area contributed by atoms with Crippen molar-refractivity contribution in [2.75, 3.05) is 10.5 Å². The van der Waals surface area contributed by atoms with Gasteiger partial charge in [-0.15, -0.1) is 0 Å². The summed E-state index contributed by atoms with van der Waals surface area (Å²) in [6, 6.07) is 6.31. The van der Waals surface area contributed by atoms with Gasteiger partial charge in [-0.1, -0.05) is 12.1 Å². The molecule has 96 valence electrons. The van der Waals surface area contributed by atoms with E-state index in [4.69, 9.17) is 5.73 Å². The number of rotatable bonds is 3. The van der Waals surface area contributed by atoms with Crippen molar-refractivity contribution in [3.05, 3.63) is 35.7 Å². The summed E-state index contributed by atoms with van der Waals surface area (Å²) in [4.78, 5) is 0.0602. The standard InChI is InChI=1S/C11H14N4O2S/c1-7-11(8(2)14-13-7)15-18(16,17)10-6-4-3-5-9(10)12/h3-6,15H,12H2,1-2H3,(H,13,14). The fraction of sp³-hybridized carbons (Fsp3) is 0.182.